The van der Waals surface area contributed by atoms with E-state index in [0.717, 1.165) is 26.2 Å². The largest absolute Gasteiger partial charge is 0.480 e. The number of carboxylic acid groups (broad SMARTS) is 1. The van der Waals surface area contributed by atoms with Crippen LogP contribution in [0.25, 0.3) is 0 Å². The Hall–Kier alpha value is -1.14. The quantitative estimate of drug-likeness (QED) is 0.701. The van der Waals surface area contributed by atoms with Crippen LogP contribution < -0.4 is 5.32 Å². The van der Waals surface area contributed by atoms with Gasteiger partial charge in [0.05, 0.1) is 6.54 Å². The predicted molar refractivity (Wildman–Crippen MR) is 68.4 cm³/mol. The lowest BCUT2D eigenvalue weighted by molar-refractivity contribution is -0.157. The highest BCUT2D eigenvalue weighted by atomic mass is 16.4. The minimum absolute atomic E-state index is 0.119. The number of amides is 1. The minimum Gasteiger partial charge on any atom is -0.480 e. The van der Waals surface area contributed by atoms with Crippen LogP contribution in [-0.2, 0) is 9.59 Å². The number of piperazine rings is 1. The summed E-state index contributed by atoms with van der Waals surface area (Å²) < 4.78 is 0. The molecule has 104 valence electrons. The topological polar surface area (TPSA) is 72.9 Å². The minimum atomic E-state index is -1.15. The Labute approximate surface area is 108 Å². The molecular weight excluding hydrogens is 234 g/mol. The zero-order valence-corrected chi connectivity index (χ0v) is 11.4. The van der Waals surface area contributed by atoms with Crippen LogP contribution in [0.4, 0.5) is 0 Å². The van der Waals surface area contributed by atoms with Gasteiger partial charge in [-0.05, 0) is 20.8 Å². The molecule has 0 atom stereocenters. The first kappa shape index (κ1) is 14.9. The maximum atomic E-state index is 12.2. The Morgan fingerprint density at radius 3 is 2.33 bits per heavy atom. The molecule has 0 aromatic heterocycles. The van der Waals surface area contributed by atoms with Crippen LogP contribution in [-0.4, -0.2) is 71.6 Å². The molecular formula is C12H23N3O3. The van der Waals surface area contributed by atoms with Crippen LogP contribution in [0, 0.1) is 0 Å². The van der Waals surface area contributed by atoms with Crippen molar-refractivity contribution in [3.8, 4) is 0 Å². The van der Waals surface area contributed by atoms with Gasteiger partial charge in [0, 0.05) is 32.7 Å². The van der Waals surface area contributed by atoms with E-state index in [9.17, 15) is 14.7 Å². The van der Waals surface area contributed by atoms with Gasteiger partial charge in [-0.1, -0.05) is 0 Å². The summed E-state index contributed by atoms with van der Waals surface area (Å²) in [7, 11) is 0. The molecule has 2 N–H and O–H groups in total. The molecule has 0 saturated carbocycles. The predicted octanol–water partition coefficient (Wildman–Crippen LogP) is -0.397. The van der Waals surface area contributed by atoms with Gasteiger partial charge in [0.15, 0.2) is 0 Å². The molecule has 1 rings (SSSR count). The Morgan fingerprint density at radius 1 is 1.33 bits per heavy atom. The van der Waals surface area contributed by atoms with Crippen LogP contribution in [0.5, 0.6) is 0 Å². The van der Waals surface area contributed by atoms with Gasteiger partial charge in [-0.3, -0.25) is 9.69 Å². The number of carboxylic acids is 1. The fraction of sp³-hybridized carbons (Fsp3) is 0.833. The van der Waals surface area contributed by atoms with Crippen molar-refractivity contribution >= 4 is 11.9 Å². The number of likely N-dealkylation sites (N-methyl/N-ethyl adjacent to an activating group) is 1. The van der Waals surface area contributed by atoms with Crippen molar-refractivity contribution < 1.29 is 14.7 Å². The summed E-state index contributed by atoms with van der Waals surface area (Å²) in [5, 5.41) is 12.4. The first-order valence-corrected chi connectivity index (χ1v) is 6.36. The van der Waals surface area contributed by atoms with Crippen molar-refractivity contribution in [2.75, 3.05) is 39.3 Å². The Balaban J connectivity index is 2.64. The number of nitrogens with zero attached hydrogens (tertiary/aromatic N) is 2. The Bertz CT molecular complexity index is 312. The highest BCUT2D eigenvalue weighted by Crippen LogP contribution is 2.15. The second kappa shape index (κ2) is 6.15. The molecule has 1 amide bonds. The molecule has 0 bridgehead atoms. The highest BCUT2D eigenvalue weighted by molar-refractivity contribution is 5.87. The smallest absolute Gasteiger partial charge is 0.329 e. The van der Waals surface area contributed by atoms with E-state index in [-0.39, 0.29) is 5.91 Å². The first-order valence-electron chi connectivity index (χ1n) is 6.36. The maximum absolute atomic E-state index is 12.2. The standard InChI is InChI=1S/C12H23N3O3/c1-4-15(12(2,3)11(17)18)10(16)9-14-7-5-13-6-8-14/h13H,4-9H2,1-3H3,(H,17,18). The molecule has 0 aliphatic carbocycles. The molecule has 0 unspecified atom stereocenters. The van der Waals surface area contributed by atoms with E-state index >= 15 is 0 Å². The van der Waals surface area contributed by atoms with E-state index in [2.05, 4.69) is 10.2 Å². The van der Waals surface area contributed by atoms with E-state index in [4.69, 9.17) is 0 Å². The fourth-order valence-corrected chi connectivity index (χ4v) is 2.14. The molecule has 1 saturated heterocycles. The third kappa shape index (κ3) is 3.43. The molecule has 0 aromatic carbocycles. The van der Waals surface area contributed by atoms with E-state index in [1.54, 1.807) is 20.8 Å². The van der Waals surface area contributed by atoms with Crippen molar-refractivity contribution in [1.82, 2.24) is 15.1 Å². The van der Waals surface area contributed by atoms with Gasteiger partial charge in [0.1, 0.15) is 5.54 Å². The summed E-state index contributed by atoms with van der Waals surface area (Å²) in [5.74, 6) is -1.09. The average Bonchev–Trinajstić information content (AvgIpc) is 2.30. The van der Waals surface area contributed by atoms with Crippen molar-refractivity contribution in [2.24, 2.45) is 0 Å². The van der Waals surface area contributed by atoms with Crippen LogP contribution in [0.2, 0.25) is 0 Å². The van der Waals surface area contributed by atoms with E-state index in [1.807, 2.05) is 0 Å². The van der Waals surface area contributed by atoms with Gasteiger partial charge in [0.2, 0.25) is 5.91 Å². The molecule has 6 nitrogen and oxygen atoms in total. The van der Waals surface area contributed by atoms with Gasteiger partial charge in [-0.25, -0.2) is 4.79 Å². The zero-order chi connectivity index (χ0) is 13.8. The van der Waals surface area contributed by atoms with Crippen molar-refractivity contribution in [2.45, 2.75) is 26.3 Å². The van der Waals surface area contributed by atoms with Crippen LogP contribution in [0.15, 0.2) is 0 Å². The highest BCUT2D eigenvalue weighted by Gasteiger charge is 2.37. The average molecular weight is 257 g/mol. The maximum Gasteiger partial charge on any atom is 0.329 e. The van der Waals surface area contributed by atoms with Crippen LogP contribution in [0.1, 0.15) is 20.8 Å². The van der Waals surface area contributed by atoms with Crippen molar-refractivity contribution in [3.63, 3.8) is 0 Å². The molecule has 0 radical (unpaired) electrons. The second-order valence-corrected chi connectivity index (χ2v) is 5.03. The lowest BCUT2D eigenvalue weighted by atomic mass is 10.0. The molecule has 0 aromatic rings. The fourth-order valence-electron chi connectivity index (χ4n) is 2.14. The summed E-state index contributed by atoms with van der Waals surface area (Å²) >= 11 is 0. The number of rotatable bonds is 5. The SMILES string of the molecule is CCN(C(=O)CN1CCNCC1)C(C)(C)C(=O)O. The van der Waals surface area contributed by atoms with E-state index in [0.29, 0.717) is 13.1 Å². The van der Waals surface area contributed by atoms with Crippen LogP contribution >= 0.6 is 0 Å². The number of aliphatic carboxylic acids is 1. The lowest BCUT2D eigenvalue weighted by Crippen LogP contribution is -2.56. The summed E-state index contributed by atoms with van der Waals surface area (Å²) in [6.45, 7) is 9.05. The number of carbonyl (C=O) groups excluding carboxylic acids is 1. The van der Waals surface area contributed by atoms with Gasteiger partial charge >= 0.3 is 5.97 Å². The van der Waals surface area contributed by atoms with Gasteiger partial charge < -0.3 is 15.3 Å². The normalized spacial score (nSPS) is 17.5. The summed E-state index contributed by atoms with van der Waals surface area (Å²) in [5.41, 5.74) is -1.15. The molecule has 6 heteroatoms. The number of hydrogen-bond donors (Lipinski definition) is 2. The second-order valence-electron chi connectivity index (χ2n) is 5.03. The number of nitrogens with one attached hydrogen (secondary N) is 1. The number of carbonyl (C=O) groups is 2. The van der Waals surface area contributed by atoms with Crippen LogP contribution in [0.3, 0.4) is 0 Å². The molecule has 1 aliphatic rings. The molecule has 1 fully saturated rings. The first-order chi connectivity index (χ1) is 8.39. The third-order valence-corrected chi connectivity index (χ3v) is 3.38. The summed E-state index contributed by atoms with van der Waals surface area (Å²) in [6.07, 6.45) is 0. The summed E-state index contributed by atoms with van der Waals surface area (Å²) in [6, 6.07) is 0. The monoisotopic (exact) mass is 257 g/mol. The lowest BCUT2D eigenvalue weighted by Gasteiger charge is -2.36. The van der Waals surface area contributed by atoms with Crippen molar-refractivity contribution in [1.29, 1.82) is 0 Å². The van der Waals surface area contributed by atoms with Gasteiger partial charge in [-0.2, -0.15) is 0 Å². The van der Waals surface area contributed by atoms with Gasteiger partial charge in [-0.15, -0.1) is 0 Å². The third-order valence-electron chi connectivity index (χ3n) is 3.38. The Morgan fingerprint density at radius 2 is 1.89 bits per heavy atom. The van der Waals surface area contributed by atoms with Gasteiger partial charge in [0.25, 0.3) is 0 Å². The molecule has 0 spiro atoms. The molecule has 1 aliphatic heterocycles. The van der Waals surface area contributed by atoms with E-state index < -0.39 is 11.5 Å². The zero-order valence-electron chi connectivity index (χ0n) is 11.4. The summed E-state index contributed by atoms with van der Waals surface area (Å²) in [4.78, 5) is 26.9. The van der Waals surface area contributed by atoms with Crippen molar-refractivity contribution in [3.05, 3.63) is 0 Å². The Kier molecular flexibility index (Phi) is 5.10. The molecule has 1 heterocycles. The molecule has 18 heavy (non-hydrogen) atoms. The van der Waals surface area contributed by atoms with E-state index in [1.165, 1.54) is 4.90 Å². The number of hydrogen-bond acceptors (Lipinski definition) is 4.